The summed E-state index contributed by atoms with van der Waals surface area (Å²) in [6.45, 7) is 13.2. The van der Waals surface area contributed by atoms with Crippen LogP contribution in [-0.2, 0) is 5.41 Å². The van der Waals surface area contributed by atoms with Gasteiger partial charge in [-0.3, -0.25) is 4.98 Å². The van der Waals surface area contributed by atoms with Gasteiger partial charge in [-0.15, -0.1) is 0 Å². The summed E-state index contributed by atoms with van der Waals surface area (Å²) in [4.78, 5) is 4.62. The predicted octanol–water partition coefficient (Wildman–Crippen LogP) is 4.46. The normalized spacial score (nSPS) is 12.1. The molecule has 0 N–H and O–H groups in total. The fraction of sp³-hybridized carbons (Fsp3) is 0.438. The lowest BCUT2D eigenvalue weighted by atomic mass is 9.83. The van der Waals surface area contributed by atoms with Crippen molar-refractivity contribution < 1.29 is 0 Å². The minimum Gasteiger partial charge on any atom is -0.253 e. The Morgan fingerprint density at radius 1 is 0.882 bits per heavy atom. The lowest BCUT2D eigenvalue weighted by Crippen LogP contribution is -2.13. The van der Waals surface area contributed by atoms with E-state index in [1.165, 1.54) is 22.1 Å². The third-order valence-electron chi connectivity index (χ3n) is 3.30. The molecule has 0 aliphatic heterocycles. The molecule has 1 aromatic heterocycles. The SMILES string of the molecule is Cc1cc(C)c2cc(C(C)(C)C)c(C)cc2n1. The van der Waals surface area contributed by atoms with E-state index in [2.05, 4.69) is 64.7 Å². The molecule has 17 heavy (non-hydrogen) atoms. The maximum Gasteiger partial charge on any atom is 0.0710 e. The molecule has 1 nitrogen and oxygen atoms in total. The van der Waals surface area contributed by atoms with Crippen molar-refractivity contribution in [3.63, 3.8) is 0 Å². The molecule has 0 aliphatic rings. The molecule has 0 aliphatic carbocycles. The second kappa shape index (κ2) is 3.83. The van der Waals surface area contributed by atoms with Gasteiger partial charge in [-0.1, -0.05) is 20.8 Å². The van der Waals surface area contributed by atoms with Crippen LogP contribution < -0.4 is 0 Å². The van der Waals surface area contributed by atoms with Gasteiger partial charge in [0, 0.05) is 11.1 Å². The van der Waals surface area contributed by atoms with Crippen LogP contribution in [0.4, 0.5) is 0 Å². The maximum atomic E-state index is 4.62. The van der Waals surface area contributed by atoms with Crippen LogP contribution in [0.25, 0.3) is 10.9 Å². The molecule has 1 aromatic carbocycles. The quantitative estimate of drug-likeness (QED) is 0.647. The highest BCUT2D eigenvalue weighted by Crippen LogP contribution is 2.30. The van der Waals surface area contributed by atoms with E-state index < -0.39 is 0 Å². The summed E-state index contributed by atoms with van der Waals surface area (Å²) in [7, 11) is 0. The molecule has 0 amide bonds. The molecule has 2 aromatic rings. The van der Waals surface area contributed by atoms with Gasteiger partial charge in [0.1, 0.15) is 0 Å². The molecule has 0 fully saturated rings. The molecule has 0 spiro atoms. The van der Waals surface area contributed by atoms with E-state index in [1.54, 1.807) is 0 Å². The number of pyridine rings is 1. The molecule has 90 valence electrons. The maximum absolute atomic E-state index is 4.62. The fourth-order valence-electron chi connectivity index (χ4n) is 2.52. The van der Waals surface area contributed by atoms with Crippen molar-refractivity contribution in [1.29, 1.82) is 0 Å². The molecule has 0 saturated carbocycles. The number of nitrogens with zero attached hydrogens (tertiary/aromatic N) is 1. The van der Waals surface area contributed by atoms with Gasteiger partial charge in [0.15, 0.2) is 0 Å². The van der Waals surface area contributed by atoms with E-state index >= 15 is 0 Å². The highest BCUT2D eigenvalue weighted by molar-refractivity contribution is 5.84. The number of aryl methyl sites for hydroxylation is 3. The summed E-state index contributed by atoms with van der Waals surface area (Å²) < 4.78 is 0. The van der Waals surface area contributed by atoms with E-state index in [-0.39, 0.29) is 5.41 Å². The summed E-state index contributed by atoms with van der Waals surface area (Å²) in [6, 6.07) is 6.69. The molecule has 0 bridgehead atoms. The van der Waals surface area contributed by atoms with Crippen LogP contribution in [0.15, 0.2) is 18.2 Å². The fourth-order valence-corrected chi connectivity index (χ4v) is 2.52. The Balaban J connectivity index is 2.81. The number of aromatic nitrogens is 1. The molecule has 2 rings (SSSR count). The first-order valence-electron chi connectivity index (χ1n) is 6.18. The third-order valence-corrected chi connectivity index (χ3v) is 3.30. The first kappa shape index (κ1) is 12.1. The molecule has 1 heteroatoms. The Kier molecular flexibility index (Phi) is 2.73. The van der Waals surface area contributed by atoms with Crippen molar-refractivity contribution in [3.05, 3.63) is 40.6 Å². The number of benzene rings is 1. The highest BCUT2D eigenvalue weighted by Gasteiger charge is 2.17. The van der Waals surface area contributed by atoms with Crippen molar-refractivity contribution in [2.45, 2.75) is 47.0 Å². The first-order valence-corrected chi connectivity index (χ1v) is 6.18. The second-order valence-electron chi connectivity index (χ2n) is 6.01. The highest BCUT2D eigenvalue weighted by atomic mass is 14.7. The van der Waals surface area contributed by atoms with Crippen molar-refractivity contribution in [3.8, 4) is 0 Å². The van der Waals surface area contributed by atoms with Crippen LogP contribution in [0.5, 0.6) is 0 Å². The van der Waals surface area contributed by atoms with Gasteiger partial charge < -0.3 is 0 Å². The van der Waals surface area contributed by atoms with Gasteiger partial charge in [0.05, 0.1) is 5.52 Å². The van der Waals surface area contributed by atoms with Crippen LogP contribution in [0.2, 0.25) is 0 Å². The molecule has 0 radical (unpaired) electrons. The summed E-state index contributed by atoms with van der Waals surface area (Å²) >= 11 is 0. The summed E-state index contributed by atoms with van der Waals surface area (Å²) in [6.07, 6.45) is 0. The largest absolute Gasteiger partial charge is 0.253 e. The number of rotatable bonds is 0. The van der Waals surface area contributed by atoms with Crippen LogP contribution in [-0.4, -0.2) is 4.98 Å². The Hall–Kier alpha value is -1.37. The van der Waals surface area contributed by atoms with Gasteiger partial charge >= 0.3 is 0 Å². The molecule has 0 unspecified atom stereocenters. The first-order chi connectivity index (χ1) is 7.79. The molecule has 0 atom stereocenters. The number of hydrogen-bond donors (Lipinski definition) is 0. The molecule has 1 heterocycles. The van der Waals surface area contributed by atoms with Gasteiger partial charge in [-0.05, 0) is 61.1 Å². The minimum absolute atomic E-state index is 0.190. The van der Waals surface area contributed by atoms with Gasteiger partial charge in [0.25, 0.3) is 0 Å². The van der Waals surface area contributed by atoms with E-state index in [4.69, 9.17) is 0 Å². The third kappa shape index (κ3) is 2.19. The summed E-state index contributed by atoms with van der Waals surface area (Å²) in [5, 5.41) is 1.28. The zero-order valence-electron chi connectivity index (χ0n) is 11.7. The lowest BCUT2D eigenvalue weighted by Gasteiger charge is -2.22. The zero-order valence-corrected chi connectivity index (χ0v) is 11.7. The van der Waals surface area contributed by atoms with E-state index in [0.29, 0.717) is 0 Å². The predicted molar refractivity (Wildman–Crippen MR) is 74.7 cm³/mol. The molecular formula is C16H21N. The van der Waals surface area contributed by atoms with Crippen LogP contribution >= 0.6 is 0 Å². The number of fused-ring (bicyclic) bond motifs is 1. The van der Waals surface area contributed by atoms with Crippen LogP contribution in [0, 0.1) is 20.8 Å². The van der Waals surface area contributed by atoms with Crippen molar-refractivity contribution in [2.75, 3.05) is 0 Å². The van der Waals surface area contributed by atoms with Gasteiger partial charge in [-0.25, -0.2) is 0 Å². The van der Waals surface area contributed by atoms with Gasteiger partial charge in [-0.2, -0.15) is 0 Å². The van der Waals surface area contributed by atoms with E-state index in [0.717, 1.165) is 11.2 Å². The minimum atomic E-state index is 0.190. The second-order valence-corrected chi connectivity index (χ2v) is 6.01. The van der Waals surface area contributed by atoms with E-state index in [1.807, 2.05) is 0 Å². The lowest BCUT2D eigenvalue weighted by molar-refractivity contribution is 0.587. The standard InChI is InChI=1S/C16H21N/c1-10-7-12(3)17-15-8-11(2)14(9-13(10)15)16(4,5)6/h7-9H,1-6H3. The summed E-state index contributed by atoms with van der Waals surface area (Å²) in [5.41, 5.74) is 6.47. The average molecular weight is 227 g/mol. The van der Waals surface area contributed by atoms with Crippen molar-refractivity contribution >= 4 is 10.9 Å². The summed E-state index contributed by atoms with van der Waals surface area (Å²) in [5.74, 6) is 0. The number of hydrogen-bond acceptors (Lipinski definition) is 1. The van der Waals surface area contributed by atoms with E-state index in [9.17, 15) is 0 Å². The zero-order chi connectivity index (χ0) is 12.8. The molecular weight excluding hydrogens is 206 g/mol. The Bertz CT molecular complexity index is 574. The van der Waals surface area contributed by atoms with Crippen LogP contribution in [0.3, 0.4) is 0 Å². The van der Waals surface area contributed by atoms with Gasteiger partial charge in [0.2, 0.25) is 0 Å². The van der Waals surface area contributed by atoms with Crippen LogP contribution in [0.1, 0.15) is 43.2 Å². The molecule has 0 saturated heterocycles. The van der Waals surface area contributed by atoms with Crippen molar-refractivity contribution in [2.24, 2.45) is 0 Å². The Morgan fingerprint density at radius 2 is 1.53 bits per heavy atom. The van der Waals surface area contributed by atoms with Crippen molar-refractivity contribution in [1.82, 2.24) is 4.98 Å². The Morgan fingerprint density at radius 3 is 2.12 bits per heavy atom. The smallest absolute Gasteiger partial charge is 0.0710 e. The monoisotopic (exact) mass is 227 g/mol. The average Bonchev–Trinajstić information content (AvgIpc) is 2.13. The Labute approximate surface area is 104 Å². The topological polar surface area (TPSA) is 12.9 Å².